The minimum absolute atomic E-state index is 0.247. The quantitative estimate of drug-likeness (QED) is 0.570. The molecule has 1 aromatic rings. The fourth-order valence-electron chi connectivity index (χ4n) is 1.56. The summed E-state index contributed by atoms with van der Waals surface area (Å²) in [6.45, 7) is 0. The molecular formula is C12H10ClFO. The average molecular weight is 225 g/mol. The van der Waals surface area contributed by atoms with E-state index >= 15 is 0 Å². The summed E-state index contributed by atoms with van der Waals surface area (Å²) >= 11 is 6.08. The second kappa shape index (κ2) is 4.18. The van der Waals surface area contributed by atoms with Crippen molar-refractivity contribution < 1.29 is 9.18 Å². The van der Waals surface area contributed by atoms with Crippen molar-refractivity contribution in [2.24, 2.45) is 5.92 Å². The van der Waals surface area contributed by atoms with E-state index in [0.717, 1.165) is 12.8 Å². The molecule has 1 aromatic carbocycles. The Balaban J connectivity index is 2.35. The van der Waals surface area contributed by atoms with Crippen LogP contribution in [0, 0.1) is 11.7 Å². The lowest BCUT2D eigenvalue weighted by atomic mass is 10.0. The molecule has 1 atom stereocenters. The molecule has 0 amide bonds. The van der Waals surface area contributed by atoms with E-state index in [4.69, 9.17) is 11.6 Å². The SMILES string of the molecule is O=C=C(c1ccccc1F)C(Cl)C1CC1. The molecule has 0 saturated heterocycles. The number of carbonyl (C=O) groups excluding carboxylic acids is 1. The van der Waals surface area contributed by atoms with Crippen molar-refractivity contribution in [1.29, 1.82) is 0 Å². The normalized spacial score (nSPS) is 16.9. The second-order valence-electron chi connectivity index (χ2n) is 3.73. The highest BCUT2D eigenvalue weighted by Crippen LogP contribution is 2.41. The first-order valence-electron chi connectivity index (χ1n) is 4.88. The Hall–Kier alpha value is -1.11. The van der Waals surface area contributed by atoms with Crippen LogP contribution in [0.25, 0.3) is 5.57 Å². The van der Waals surface area contributed by atoms with E-state index in [2.05, 4.69) is 0 Å². The molecule has 0 N–H and O–H groups in total. The highest BCUT2D eigenvalue weighted by atomic mass is 35.5. The molecule has 0 aliphatic heterocycles. The third-order valence-corrected chi connectivity index (χ3v) is 3.16. The van der Waals surface area contributed by atoms with Crippen LogP contribution in [0.3, 0.4) is 0 Å². The van der Waals surface area contributed by atoms with Crippen molar-refractivity contribution >= 4 is 23.1 Å². The fraction of sp³-hybridized carbons (Fsp3) is 0.333. The Labute approximate surface area is 92.6 Å². The maximum atomic E-state index is 13.4. The predicted molar refractivity (Wildman–Crippen MR) is 57.9 cm³/mol. The van der Waals surface area contributed by atoms with Crippen molar-refractivity contribution in [1.82, 2.24) is 0 Å². The first-order valence-corrected chi connectivity index (χ1v) is 5.31. The van der Waals surface area contributed by atoms with Crippen LogP contribution in [0.1, 0.15) is 18.4 Å². The van der Waals surface area contributed by atoms with Gasteiger partial charge >= 0.3 is 0 Å². The van der Waals surface area contributed by atoms with Gasteiger partial charge in [-0.1, -0.05) is 18.2 Å². The van der Waals surface area contributed by atoms with Crippen LogP contribution in [0.15, 0.2) is 24.3 Å². The minimum atomic E-state index is -0.415. The monoisotopic (exact) mass is 224 g/mol. The van der Waals surface area contributed by atoms with Crippen molar-refractivity contribution in [3.05, 3.63) is 35.6 Å². The fourth-order valence-corrected chi connectivity index (χ4v) is 1.98. The van der Waals surface area contributed by atoms with Gasteiger partial charge in [0.15, 0.2) is 0 Å². The zero-order valence-electron chi connectivity index (χ0n) is 8.04. The second-order valence-corrected chi connectivity index (χ2v) is 4.20. The van der Waals surface area contributed by atoms with Crippen LogP contribution >= 0.6 is 11.6 Å². The number of alkyl halides is 1. The van der Waals surface area contributed by atoms with Crippen LogP contribution in [-0.2, 0) is 4.79 Å². The molecule has 0 radical (unpaired) electrons. The van der Waals surface area contributed by atoms with Gasteiger partial charge in [0.25, 0.3) is 0 Å². The standard InChI is InChI=1S/C12H10ClFO/c13-12(8-5-6-8)10(7-15)9-3-1-2-4-11(9)14/h1-4,8,12H,5-6H2. The van der Waals surface area contributed by atoms with Crippen LogP contribution in [0.4, 0.5) is 4.39 Å². The average Bonchev–Trinajstić information content (AvgIpc) is 3.05. The number of rotatable bonds is 3. The summed E-state index contributed by atoms with van der Waals surface area (Å²) in [6, 6.07) is 6.16. The third kappa shape index (κ3) is 2.11. The third-order valence-electron chi connectivity index (χ3n) is 2.59. The maximum absolute atomic E-state index is 13.4. The van der Waals surface area contributed by atoms with Crippen molar-refractivity contribution in [3.63, 3.8) is 0 Å². The molecule has 1 aliphatic rings. The maximum Gasteiger partial charge on any atom is 0.131 e. The van der Waals surface area contributed by atoms with E-state index in [9.17, 15) is 9.18 Å². The van der Waals surface area contributed by atoms with Gasteiger partial charge in [0.05, 0.1) is 11.0 Å². The number of halogens is 2. The lowest BCUT2D eigenvalue weighted by molar-refractivity contribution is 0.568. The Morgan fingerprint density at radius 1 is 1.47 bits per heavy atom. The van der Waals surface area contributed by atoms with Gasteiger partial charge < -0.3 is 0 Å². The first kappa shape index (κ1) is 10.4. The molecule has 15 heavy (non-hydrogen) atoms. The van der Waals surface area contributed by atoms with Crippen molar-refractivity contribution in [3.8, 4) is 0 Å². The van der Waals surface area contributed by atoms with Crippen molar-refractivity contribution in [2.75, 3.05) is 0 Å². The zero-order valence-corrected chi connectivity index (χ0v) is 8.80. The molecular weight excluding hydrogens is 215 g/mol. The molecule has 0 heterocycles. The molecule has 78 valence electrons. The largest absolute Gasteiger partial charge is 0.233 e. The van der Waals surface area contributed by atoms with Gasteiger partial charge in [0.1, 0.15) is 11.8 Å². The highest BCUT2D eigenvalue weighted by Gasteiger charge is 2.34. The highest BCUT2D eigenvalue weighted by molar-refractivity contribution is 6.28. The molecule has 0 aromatic heterocycles. The predicted octanol–water partition coefficient (Wildman–Crippen LogP) is 3.06. The smallest absolute Gasteiger partial charge is 0.131 e. The molecule has 3 heteroatoms. The van der Waals surface area contributed by atoms with Gasteiger partial charge in [-0.25, -0.2) is 9.18 Å². The van der Waals surface area contributed by atoms with Gasteiger partial charge in [-0.05, 0) is 24.8 Å². The lowest BCUT2D eigenvalue weighted by Gasteiger charge is -2.10. The van der Waals surface area contributed by atoms with E-state index in [1.54, 1.807) is 24.1 Å². The summed E-state index contributed by atoms with van der Waals surface area (Å²) in [6.07, 6.45) is 2.02. The lowest BCUT2D eigenvalue weighted by Crippen LogP contribution is -2.07. The van der Waals surface area contributed by atoms with Gasteiger partial charge in [0.2, 0.25) is 0 Å². The number of benzene rings is 1. The van der Waals surface area contributed by atoms with E-state index in [-0.39, 0.29) is 11.1 Å². The van der Waals surface area contributed by atoms with Crippen LogP contribution in [-0.4, -0.2) is 11.3 Å². The topological polar surface area (TPSA) is 17.1 Å². The number of hydrogen-bond acceptors (Lipinski definition) is 1. The summed E-state index contributed by atoms with van der Waals surface area (Å²) in [5.41, 5.74) is 0.525. The summed E-state index contributed by atoms with van der Waals surface area (Å²) in [4.78, 5) is 10.8. The number of hydrogen-bond donors (Lipinski definition) is 0. The van der Waals surface area contributed by atoms with Crippen LogP contribution < -0.4 is 0 Å². The van der Waals surface area contributed by atoms with Gasteiger partial charge in [0, 0.05) is 5.56 Å². The zero-order chi connectivity index (χ0) is 10.8. The van der Waals surface area contributed by atoms with Gasteiger partial charge in [-0.15, -0.1) is 11.6 Å². The van der Waals surface area contributed by atoms with Gasteiger partial charge in [-0.2, -0.15) is 0 Å². The summed E-state index contributed by atoms with van der Waals surface area (Å²) in [7, 11) is 0. The van der Waals surface area contributed by atoms with Crippen molar-refractivity contribution in [2.45, 2.75) is 18.2 Å². The van der Waals surface area contributed by atoms with Crippen LogP contribution in [0.2, 0.25) is 0 Å². The summed E-state index contributed by atoms with van der Waals surface area (Å²) in [5, 5.41) is -0.403. The number of allylic oxidation sites excluding steroid dienone is 1. The van der Waals surface area contributed by atoms with Crippen LogP contribution in [0.5, 0.6) is 0 Å². The van der Waals surface area contributed by atoms with Gasteiger partial charge in [-0.3, -0.25) is 0 Å². The molecule has 1 aliphatic carbocycles. The van der Waals surface area contributed by atoms with E-state index < -0.39 is 11.2 Å². The molecule has 1 fully saturated rings. The molecule has 0 spiro atoms. The van der Waals surface area contributed by atoms with E-state index in [1.165, 1.54) is 6.07 Å². The van der Waals surface area contributed by atoms with E-state index in [0.29, 0.717) is 5.92 Å². The molecule has 1 unspecified atom stereocenters. The Morgan fingerprint density at radius 2 is 2.13 bits per heavy atom. The first-order chi connectivity index (χ1) is 7.24. The van der Waals surface area contributed by atoms with E-state index in [1.807, 2.05) is 0 Å². The summed E-state index contributed by atoms with van der Waals surface area (Å²) < 4.78 is 13.4. The Bertz CT molecular complexity index is 419. The molecule has 1 saturated carbocycles. The molecule has 1 nitrogen and oxygen atoms in total. The summed E-state index contributed by atoms with van der Waals surface area (Å²) in [5.74, 6) is 1.67. The minimum Gasteiger partial charge on any atom is -0.233 e. The Kier molecular flexibility index (Phi) is 2.90. The molecule has 0 bridgehead atoms. The Morgan fingerprint density at radius 3 is 2.67 bits per heavy atom. The molecule has 2 rings (SSSR count).